The van der Waals surface area contributed by atoms with Crippen molar-refractivity contribution < 1.29 is 9.32 Å². The Kier molecular flexibility index (Phi) is 9.21. The normalized spacial score (nSPS) is 17.3. The molecule has 0 aliphatic carbocycles. The predicted molar refractivity (Wildman–Crippen MR) is 132 cm³/mol. The molecule has 1 amide bonds. The lowest BCUT2D eigenvalue weighted by molar-refractivity contribution is -0.131. The molecule has 2 aliphatic heterocycles. The van der Waals surface area contributed by atoms with E-state index >= 15 is 0 Å². The Morgan fingerprint density at radius 3 is 2.59 bits per heavy atom. The molecule has 2 fully saturated rings. The van der Waals surface area contributed by atoms with E-state index in [9.17, 15) is 4.79 Å². The molecule has 10 nitrogen and oxygen atoms in total. The van der Waals surface area contributed by atoms with Crippen LogP contribution in [0.4, 0.5) is 0 Å². The molecule has 1 N–H and O–H groups in total. The van der Waals surface area contributed by atoms with E-state index in [-0.39, 0.29) is 29.9 Å². The maximum Gasteiger partial charge on any atom is 0.276 e. The molecule has 0 atom stereocenters. The molecule has 4 heterocycles. The zero-order valence-corrected chi connectivity index (χ0v) is 20.8. The minimum absolute atomic E-state index is 0. The SMILES string of the molecule is CN=C(NCCc1noc(-c2ccccn2)n1)N1CCN(CC(=O)N2CCCC2)CC1.I. The number of likely N-dealkylation sites (tertiary alicyclic amines) is 1. The predicted octanol–water partition coefficient (Wildman–Crippen LogP) is 1.11. The Hall–Kier alpha value is -2.28. The van der Waals surface area contributed by atoms with Gasteiger partial charge >= 0.3 is 0 Å². The average molecular weight is 554 g/mol. The van der Waals surface area contributed by atoms with Crippen LogP contribution in [-0.4, -0.2) is 101 Å². The van der Waals surface area contributed by atoms with Crippen molar-refractivity contribution in [1.82, 2.24) is 35.1 Å². The second-order valence-corrected chi connectivity index (χ2v) is 7.81. The highest BCUT2D eigenvalue weighted by atomic mass is 127. The van der Waals surface area contributed by atoms with E-state index in [0.717, 1.165) is 58.1 Å². The van der Waals surface area contributed by atoms with Crippen LogP contribution in [0.15, 0.2) is 33.9 Å². The van der Waals surface area contributed by atoms with Crippen LogP contribution in [0.1, 0.15) is 18.7 Å². The van der Waals surface area contributed by atoms with E-state index < -0.39 is 0 Å². The quantitative estimate of drug-likeness (QED) is 0.322. The smallest absolute Gasteiger partial charge is 0.276 e. The summed E-state index contributed by atoms with van der Waals surface area (Å²) in [4.78, 5) is 31.9. The van der Waals surface area contributed by atoms with Crippen LogP contribution < -0.4 is 5.32 Å². The molecule has 0 radical (unpaired) electrons. The van der Waals surface area contributed by atoms with Crippen molar-refractivity contribution in [2.75, 3.05) is 59.4 Å². The topological polar surface area (TPSA) is 103 Å². The number of amides is 1. The Balaban J connectivity index is 0.00000289. The van der Waals surface area contributed by atoms with Crippen LogP contribution in [0.3, 0.4) is 0 Å². The molecule has 0 spiro atoms. The third-order valence-electron chi connectivity index (χ3n) is 5.69. The van der Waals surface area contributed by atoms with E-state index in [1.807, 2.05) is 23.1 Å². The summed E-state index contributed by atoms with van der Waals surface area (Å²) < 4.78 is 5.30. The van der Waals surface area contributed by atoms with E-state index in [1.54, 1.807) is 13.2 Å². The molecule has 0 saturated carbocycles. The molecule has 174 valence electrons. The highest BCUT2D eigenvalue weighted by molar-refractivity contribution is 14.0. The Morgan fingerprint density at radius 1 is 1.12 bits per heavy atom. The number of nitrogens with zero attached hydrogens (tertiary/aromatic N) is 7. The van der Waals surface area contributed by atoms with Gasteiger partial charge in [-0.05, 0) is 25.0 Å². The second-order valence-electron chi connectivity index (χ2n) is 7.81. The number of rotatable bonds is 6. The molecule has 2 aromatic heterocycles. The van der Waals surface area contributed by atoms with Crippen molar-refractivity contribution in [2.45, 2.75) is 19.3 Å². The van der Waals surface area contributed by atoms with Crippen molar-refractivity contribution in [1.29, 1.82) is 0 Å². The maximum atomic E-state index is 12.4. The molecule has 11 heteroatoms. The number of pyridine rings is 1. The van der Waals surface area contributed by atoms with Gasteiger partial charge in [0.2, 0.25) is 5.91 Å². The highest BCUT2D eigenvalue weighted by Gasteiger charge is 2.24. The first-order valence-corrected chi connectivity index (χ1v) is 10.9. The van der Waals surface area contributed by atoms with Crippen molar-refractivity contribution >= 4 is 35.8 Å². The number of nitrogens with one attached hydrogen (secondary N) is 1. The summed E-state index contributed by atoms with van der Waals surface area (Å²) in [6, 6.07) is 5.58. The van der Waals surface area contributed by atoms with Crippen molar-refractivity contribution in [3.05, 3.63) is 30.2 Å². The van der Waals surface area contributed by atoms with Crippen molar-refractivity contribution in [2.24, 2.45) is 4.99 Å². The van der Waals surface area contributed by atoms with Gasteiger partial charge in [0, 0.05) is 65.5 Å². The van der Waals surface area contributed by atoms with Crippen LogP contribution in [0, 0.1) is 0 Å². The van der Waals surface area contributed by atoms with E-state index in [4.69, 9.17) is 4.52 Å². The fraction of sp³-hybridized carbons (Fsp3) is 0.571. The van der Waals surface area contributed by atoms with Gasteiger partial charge in [-0.2, -0.15) is 4.98 Å². The number of halogens is 1. The van der Waals surface area contributed by atoms with Crippen LogP contribution in [0.25, 0.3) is 11.6 Å². The summed E-state index contributed by atoms with van der Waals surface area (Å²) in [5.74, 6) is 2.19. The first-order valence-electron chi connectivity index (χ1n) is 10.9. The molecule has 0 bridgehead atoms. The number of guanidine groups is 1. The lowest BCUT2D eigenvalue weighted by atomic mass is 10.3. The van der Waals surface area contributed by atoms with Crippen LogP contribution in [0.5, 0.6) is 0 Å². The van der Waals surface area contributed by atoms with Crippen molar-refractivity contribution in [3.63, 3.8) is 0 Å². The zero-order valence-electron chi connectivity index (χ0n) is 18.4. The minimum Gasteiger partial charge on any atom is -0.356 e. The number of carbonyl (C=O) groups excluding carboxylic acids is 1. The summed E-state index contributed by atoms with van der Waals surface area (Å²) in [6.45, 7) is 6.42. The fourth-order valence-electron chi connectivity index (χ4n) is 3.94. The molecule has 2 aromatic rings. The molecule has 2 saturated heterocycles. The molecular formula is C21H31IN8O2. The van der Waals surface area contributed by atoms with E-state index in [1.165, 1.54) is 0 Å². The Labute approximate surface area is 205 Å². The lowest BCUT2D eigenvalue weighted by Crippen LogP contribution is -2.54. The second kappa shape index (κ2) is 12.1. The molecule has 32 heavy (non-hydrogen) atoms. The van der Waals surface area contributed by atoms with Gasteiger partial charge in [0.15, 0.2) is 11.8 Å². The largest absolute Gasteiger partial charge is 0.356 e. The molecule has 0 aromatic carbocycles. The number of hydrogen-bond donors (Lipinski definition) is 1. The monoisotopic (exact) mass is 554 g/mol. The van der Waals surface area contributed by atoms with Gasteiger partial charge in [-0.3, -0.25) is 19.7 Å². The van der Waals surface area contributed by atoms with Gasteiger partial charge in [-0.25, -0.2) is 0 Å². The number of hydrogen-bond acceptors (Lipinski definition) is 7. The first kappa shape index (κ1) is 24.4. The lowest BCUT2D eigenvalue weighted by Gasteiger charge is -2.36. The number of aliphatic imine (C=N–C) groups is 1. The van der Waals surface area contributed by atoms with E-state index in [2.05, 4.69) is 35.2 Å². The van der Waals surface area contributed by atoms with Crippen molar-refractivity contribution in [3.8, 4) is 11.6 Å². The average Bonchev–Trinajstić information content (AvgIpc) is 3.51. The van der Waals surface area contributed by atoms with Crippen LogP contribution >= 0.6 is 24.0 Å². The third-order valence-corrected chi connectivity index (χ3v) is 5.69. The number of piperazine rings is 1. The standard InChI is InChI=1S/C21H30N8O2.HI/c1-22-21(24-9-7-18-25-20(31-26-18)17-6-2-3-8-23-17)29-14-12-27(13-15-29)16-19(30)28-10-4-5-11-28;/h2-3,6,8H,4-5,7,9-16H2,1H3,(H,22,24);1H. The van der Waals surface area contributed by atoms with Gasteiger partial charge in [-0.15, -0.1) is 24.0 Å². The summed E-state index contributed by atoms with van der Waals surface area (Å²) in [7, 11) is 1.79. The Morgan fingerprint density at radius 2 is 1.91 bits per heavy atom. The summed E-state index contributed by atoms with van der Waals surface area (Å²) in [5.41, 5.74) is 0.672. The Bertz CT molecular complexity index is 877. The van der Waals surface area contributed by atoms with Crippen LogP contribution in [0.2, 0.25) is 0 Å². The minimum atomic E-state index is 0. The summed E-state index contributed by atoms with van der Waals surface area (Å²) in [6.07, 6.45) is 4.60. The highest BCUT2D eigenvalue weighted by Crippen LogP contribution is 2.13. The number of carbonyl (C=O) groups is 1. The summed E-state index contributed by atoms with van der Waals surface area (Å²) in [5, 5.41) is 7.42. The van der Waals surface area contributed by atoms with Gasteiger partial charge in [-0.1, -0.05) is 11.2 Å². The maximum absolute atomic E-state index is 12.4. The third kappa shape index (κ3) is 6.37. The number of aromatic nitrogens is 3. The van der Waals surface area contributed by atoms with Gasteiger partial charge in [0.05, 0.1) is 6.54 Å². The molecule has 4 rings (SSSR count). The first-order chi connectivity index (χ1) is 15.2. The van der Waals surface area contributed by atoms with Crippen LogP contribution in [-0.2, 0) is 11.2 Å². The molecular weight excluding hydrogens is 523 g/mol. The zero-order chi connectivity index (χ0) is 21.5. The van der Waals surface area contributed by atoms with Gasteiger partial charge in [0.25, 0.3) is 5.89 Å². The van der Waals surface area contributed by atoms with E-state index in [0.29, 0.717) is 36.9 Å². The molecule has 2 aliphatic rings. The van der Waals surface area contributed by atoms with Gasteiger partial charge < -0.3 is 19.6 Å². The summed E-state index contributed by atoms with van der Waals surface area (Å²) >= 11 is 0. The fourth-order valence-corrected chi connectivity index (χ4v) is 3.94. The molecule has 0 unspecified atom stereocenters. The van der Waals surface area contributed by atoms with Gasteiger partial charge in [0.1, 0.15) is 5.69 Å².